The Morgan fingerprint density at radius 2 is 1.33 bits per heavy atom. The molecule has 0 N–H and O–H groups in total. The fraction of sp³-hybridized carbons (Fsp3) is 0.842. The first-order valence-corrected chi connectivity index (χ1v) is 9.33. The minimum absolute atomic E-state index is 0.169. The SMILES string of the molecule is CCCCCCCCCOC(=O)CCCCC(=O)OC(C)C(C)=O. The van der Waals surface area contributed by atoms with Crippen LogP contribution < -0.4 is 0 Å². The number of hydrogen-bond donors (Lipinski definition) is 0. The standard InChI is InChI=1S/C19H34O5/c1-4-5-6-7-8-9-12-15-23-18(21)13-10-11-14-19(22)24-17(3)16(2)20/h17H,4-15H2,1-3H3. The van der Waals surface area contributed by atoms with Crippen LogP contribution in [0.25, 0.3) is 0 Å². The highest BCUT2D eigenvalue weighted by atomic mass is 16.5. The third-order valence-electron chi connectivity index (χ3n) is 3.90. The van der Waals surface area contributed by atoms with Gasteiger partial charge in [0.15, 0.2) is 11.9 Å². The van der Waals surface area contributed by atoms with Crippen molar-refractivity contribution in [2.45, 2.75) is 97.5 Å². The van der Waals surface area contributed by atoms with Gasteiger partial charge in [-0.05, 0) is 33.1 Å². The van der Waals surface area contributed by atoms with Crippen molar-refractivity contribution in [3.63, 3.8) is 0 Å². The molecule has 0 aliphatic heterocycles. The maximum atomic E-state index is 11.5. The number of unbranched alkanes of at least 4 members (excludes halogenated alkanes) is 7. The monoisotopic (exact) mass is 342 g/mol. The average molecular weight is 342 g/mol. The Kier molecular flexibility index (Phi) is 14.3. The summed E-state index contributed by atoms with van der Waals surface area (Å²) in [6.45, 7) is 5.64. The van der Waals surface area contributed by atoms with Crippen molar-refractivity contribution in [2.75, 3.05) is 6.61 Å². The Bertz CT molecular complexity index is 365. The van der Waals surface area contributed by atoms with Gasteiger partial charge in [-0.15, -0.1) is 0 Å². The largest absolute Gasteiger partial charge is 0.466 e. The minimum Gasteiger partial charge on any atom is -0.466 e. The number of rotatable bonds is 15. The summed E-state index contributed by atoms with van der Waals surface area (Å²) >= 11 is 0. The lowest BCUT2D eigenvalue weighted by Gasteiger charge is -2.09. The zero-order valence-electron chi connectivity index (χ0n) is 15.6. The van der Waals surface area contributed by atoms with E-state index < -0.39 is 12.1 Å². The summed E-state index contributed by atoms with van der Waals surface area (Å²) in [6.07, 6.45) is 9.38. The van der Waals surface area contributed by atoms with Gasteiger partial charge in [0.25, 0.3) is 0 Å². The topological polar surface area (TPSA) is 69.7 Å². The molecular formula is C19H34O5. The van der Waals surface area contributed by atoms with E-state index in [1.807, 2.05) is 0 Å². The van der Waals surface area contributed by atoms with E-state index in [2.05, 4.69) is 6.92 Å². The van der Waals surface area contributed by atoms with Gasteiger partial charge in [-0.2, -0.15) is 0 Å². The Balaban J connectivity index is 3.44. The van der Waals surface area contributed by atoms with Crippen molar-refractivity contribution in [1.29, 1.82) is 0 Å². The summed E-state index contributed by atoms with van der Waals surface area (Å²) in [7, 11) is 0. The molecule has 0 heterocycles. The summed E-state index contributed by atoms with van der Waals surface area (Å²) < 4.78 is 10.1. The summed E-state index contributed by atoms with van der Waals surface area (Å²) in [5.41, 5.74) is 0. The Morgan fingerprint density at radius 1 is 0.792 bits per heavy atom. The van der Waals surface area contributed by atoms with Gasteiger partial charge in [-0.3, -0.25) is 14.4 Å². The molecule has 0 fully saturated rings. The first kappa shape index (κ1) is 22.6. The molecule has 24 heavy (non-hydrogen) atoms. The molecule has 0 aromatic rings. The van der Waals surface area contributed by atoms with Gasteiger partial charge in [0.2, 0.25) is 0 Å². The zero-order valence-corrected chi connectivity index (χ0v) is 15.6. The van der Waals surface area contributed by atoms with Crippen molar-refractivity contribution >= 4 is 17.7 Å². The molecule has 1 atom stereocenters. The van der Waals surface area contributed by atoms with Gasteiger partial charge >= 0.3 is 11.9 Å². The van der Waals surface area contributed by atoms with E-state index in [0.29, 0.717) is 25.9 Å². The molecule has 1 unspecified atom stereocenters. The normalized spacial score (nSPS) is 11.8. The van der Waals surface area contributed by atoms with Gasteiger partial charge < -0.3 is 9.47 Å². The van der Waals surface area contributed by atoms with E-state index in [0.717, 1.165) is 12.8 Å². The lowest BCUT2D eigenvalue weighted by atomic mass is 10.1. The van der Waals surface area contributed by atoms with Crippen molar-refractivity contribution in [1.82, 2.24) is 0 Å². The smallest absolute Gasteiger partial charge is 0.306 e. The minimum atomic E-state index is -0.690. The third-order valence-corrected chi connectivity index (χ3v) is 3.90. The maximum absolute atomic E-state index is 11.5. The van der Waals surface area contributed by atoms with Crippen LogP contribution in [-0.4, -0.2) is 30.4 Å². The number of ketones is 1. The van der Waals surface area contributed by atoms with Crippen molar-refractivity contribution in [3.8, 4) is 0 Å². The lowest BCUT2D eigenvalue weighted by Crippen LogP contribution is -2.21. The average Bonchev–Trinajstić information content (AvgIpc) is 2.54. The van der Waals surface area contributed by atoms with Gasteiger partial charge in [-0.25, -0.2) is 0 Å². The molecule has 0 aliphatic carbocycles. The molecule has 0 rings (SSSR count). The van der Waals surface area contributed by atoms with Crippen LogP contribution >= 0.6 is 0 Å². The molecule has 5 heteroatoms. The summed E-state index contributed by atoms with van der Waals surface area (Å²) in [6, 6.07) is 0. The first-order chi connectivity index (χ1) is 11.5. The van der Waals surface area contributed by atoms with Crippen LogP contribution in [0.4, 0.5) is 0 Å². The summed E-state index contributed by atoms with van der Waals surface area (Å²) in [5.74, 6) is -0.766. The molecule has 0 saturated carbocycles. The Labute approximate surface area is 146 Å². The van der Waals surface area contributed by atoms with E-state index in [1.54, 1.807) is 6.92 Å². The molecule has 0 bridgehead atoms. The van der Waals surface area contributed by atoms with E-state index in [4.69, 9.17) is 9.47 Å². The molecule has 5 nitrogen and oxygen atoms in total. The highest BCUT2D eigenvalue weighted by molar-refractivity contribution is 5.83. The summed E-state index contributed by atoms with van der Waals surface area (Å²) in [5, 5.41) is 0. The predicted octanol–water partition coefficient (Wildman–Crippen LogP) is 4.36. The molecule has 0 aromatic carbocycles. The molecule has 0 radical (unpaired) electrons. The maximum Gasteiger partial charge on any atom is 0.306 e. The first-order valence-electron chi connectivity index (χ1n) is 9.33. The second-order valence-electron chi connectivity index (χ2n) is 6.29. The second-order valence-corrected chi connectivity index (χ2v) is 6.29. The highest BCUT2D eigenvalue weighted by Crippen LogP contribution is 2.08. The van der Waals surface area contributed by atoms with E-state index in [-0.39, 0.29) is 18.2 Å². The van der Waals surface area contributed by atoms with Crippen LogP contribution in [0.2, 0.25) is 0 Å². The fourth-order valence-corrected chi connectivity index (χ4v) is 2.20. The van der Waals surface area contributed by atoms with Crippen LogP contribution in [-0.2, 0) is 23.9 Å². The lowest BCUT2D eigenvalue weighted by molar-refractivity contribution is -0.153. The van der Waals surface area contributed by atoms with Crippen LogP contribution in [0.5, 0.6) is 0 Å². The zero-order chi connectivity index (χ0) is 18.2. The number of ether oxygens (including phenoxy) is 2. The molecule has 0 aliphatic rings. The van der Waals surface area contributed by atoms with Crippen LogP contribution in [0, 0.1) is 0 Å². The number of carbonyl (C=O) groups is 3. The highest BCUT2D eigenvalue weighted by Gasteiger charge is 2.13. The molecular weight excluding hydrogens is 308 g/mol. The van der Waals surface area contributed by atoms with Crippen molar-refractivity contribution in [3.05, 3.63) is 0 Å². The van der Waals surface area contributed by atoms with E-state index in [1.165, 1.54) is 39.0 Å². The molecule has 0 amide bonds. The third kappa shape index (κ3) is 14.2. The van der Waals surface area contributed by atoms with Crippen molar-refractivity contribution in [2.24, 2.45) is 0 Å². The molecule has 140 valence electrons. The molecule has 0 aromatic heterocycles. The van der Waals surface area contributed by atoms with E-state index in [9.17, 15) is 14.4 Å². The van der Waals surface area contributed by atoms with Crippen molar-refractivity contribution < 1.29 is 23.9 Å². The molecule has 0 spiro atoms. The number of Topliss-reactive ketones (excluding diaryl/α,β-unsaturated/α-hetero) is 1. The van der Waals surface area contributed by atoms with Crippen LogP contribution in [0.15, 0.2) is 0 Å². The quantitative estimate of drug-likeness (QED) is 0.327. The van der Waals surface area contributed by atoms with Gasteiger partial charge in [0.1, 0.15) is 0 Å². The second kappa shape index (κ2) is 15.2. The predicted molar refractivity (Wildman–Crippen MR) is 93.7 cm³/mol. The summed E-state index contributed by atoms with van der Waals surface area (Å²) in [4.78, 5) is 34.0. The van der Waals surface area contributed by atoms with E-state index >= 15 is 0 Å². The number of esters is 2. The fourth-order valence-electron chi connectivity index (χ4n) is 2.20. The Morgan fingerprint density at radius 3 is 1.92 bits per heavy atom. The van der Waals surface area contributed by atoms with Gasteiger partial charge in [0.05, 0.1) is 6.61 Å². The number of carbonyl (C=O) groups excluding carboxylic acids is 3. The van der Waals surface area contributed by atoms with Gasteiger partial charge in [0, 0.05) is 12.8 Å². The number of hydrogen-bond acceptors (Lipinski definition) is 5. The van der Waals surface area contributed by atoms with Gasteiger partial charge in [-0.1, -0.05) is 45.4 Å². The molecule has 0 saturated heterocycles. The van der Waals surface area contributed by atoms with Crippen LogP contribution in [0.3, 0.4) is 0 Å². The van der Waals surface area contributed by atoms with Crippen LogP contribution in [0.1, 0.15) is 91.4 Å². The Hall–Kier alpha value is -1.39.